The molecule has 4 heteroatoms. The van der Waals surface area contributed by atoms with Crippen molar-refractivity contribution in [1.29, 1.82) is 0 Å². The van der Waals surface area contributed by atoms with Gasteiger partial charge in [-0.1, -0.05) is 24.3 Å². The minimum absolute atomic E-state index is 0.213. The molecule has 0 fully saturated rings. The molecule has 0 unspecified atom stereocenters. The van der Waals surface area contributed by atoms with Gasteiger partial charge >= 0.3 is 5.97 Å². The average molecular weight is 253 g/mol. The van der Waals surface area contributed by atoms with E-state index in [1.54, 1.807) is 0 Å². The summed E-state index contributed by atoms with van der Waals surface area (Å²) in [6.45, 7) is 0. The number of carboxylic acids is 1. The van der Waals surface area contributed by atoms with Crippen molar-refractivity contribution in [1.82, 2.24) is 0 Å². The van der Waals surface area contributed by atoms with Crippen LogP contribution in [0.3, 0.4) is 0 Å². The summed E-state index contributed by atoms with van der Waals surface area (Å²) in [5, 5.41) is 9.29. The van der Waals surface area contributed by atoms with E-state index >= 15 is 0 Å². The van der Waals surface area contributed by atoms with Crippen molar-refractivity contribution in [3.63, 3.8) is 0 Å². The Bertz CT molecular complexity index is 719. The Balaban J connectivity index is 2.36. The molecule has 3 N–H and O–H groups in total. The quantitative estimate of drug-likeness (QED) is 0.733. The van der Waals surface area contributed by atoms with Crippen molar-refractivity contribution in [3.8, 4) is 11.1 Å². The zero-order valence-electron chi connectivity index (χ0n) is 10.0. The summed E-state index contributed by atoms with van der Waals surface area (Å²) in [4.78, 5) is 22.8. The summed E-state index contributed by atoms with van der Waals surface area (Å²) >= 11 is 0. The highest BCUT2D eigenvalue weighted by molar-refractivity contribution is 6.04. The minimum Gasteiger partial charge on any atom is -0.478 e. The topological polar surface area (TPSA) is 80.4 Å². The molecule has 0 saturated heterocycles. The van der Waals surface area contributed by atoms with Crippen molar-refractivity contribution >= 4 is 11.9 Å². The maximum Gasteiger partial charge on any atom is 0.336 e. The maximum atomic E-state index is 11.5. The van der Waals surface area contributed by atoms with E-state index in [-0.39, 0.29) is 5.56 Å². The number of nitrogens with two attached hydrogens (primary N) is 1. The smallest absolute Gasteiger partial charge is 0.336 e. The van der Waals surface area contributed by atoms with Gasteiger partial charge in [0.05, 0.1) is 5.56 Å². The van der Waals surface area contributed by atoms with Crippen LogP contribution >= 0.6 is 0 Å². The number of aromatic carboxylic acids is 1. The molecular weight excluding hydrogens is 242 g/mol. The van der Waals surface area contributed by atoms with Gasteiger partial charge in [0, 0.05) is 11.1 Å². The predicted molar refractivity (Wildman–Crippen MR) is 70.2 cm³/mol. The van der Waals surface area contributed by atoms with Crippen LogP contribution in [0.1, 0.15) is 31.8 Å². The molecule has 0 spiro atoms. The number of primary amides is 1. The second kappa shape index (κ2) is 3.95. The number of carboxylic acid groups (broad SMARTS) is 1. The maximum absolute atomic E-state index is 11.5. The summed E-state index contributed by atoms with van der Waals surface area (Å²) < 4.78 is 0. The Hall–Kier alpha value is -2.62. The molecule has 0 radical (unpaired) electrons. The van der Waals surface area contributed by atoms with Crippen LogP contribution in [0.5, 0.6) is 0 Å². The summed E-state index contributed by atoms with van der Waals surface area (Å²) in [7, 11) is 0. The molecule has 2 aromatic carbocycles. The first-order chi connectivity index (χ1) is 9.09. The number of hydrogen-bond donors (Lipinski definition) is 2. The molecule has 94 valence electrons. The number of carbonyl (C=O) groups excluding carboxylic acids is 1. The number of benzene rings is 2. The van der Waals surface area contributed by atoms with Crippen LogP contribution in [0.25, 0.3) is 11.1 Å². The van der Waals surface area contributed by atoms with E-state index in [1.165, 1.54) is 12.1 Å². The summed E-state index contributed by atoms with van der Waals surface area (Å²) in [5.41, 5.74) is 9.21. The van der Waals surface area contributed by atoms with Gasteiger partial charge in [0.25, 0.3) is 0 Å². The summed E-state index contributed by atoms with van der Waals surface area (Å²) in [6.07, 6.45) is 0.547. The van der Waals surface area contributed by atoms with Gasteiger partial charge in [0.1, 0.15) is 0 Å². The lowest BCUT2D eigenvalue weighted by molar-refractivity contribution is 0.0697. The van der Waals surface area contributed by atoms with E-state index in [4.69, 9.17) is 5.73 Å². The van der Waals surface area contributed by atoms with Crippen LogP contribution in [0.2, 0.25) is 0 Å². The Morgan fingerprint density at radius 2 is 1.74 bits per heavy atom. The highest BCUT2D eigenvalue weighted by Gasteiger charge is 2.27. The van der Waals surface area contributed by atoms with Crippen LogP contribution in [0.4, 0.5) is 0 Å². The third-order valence-electron chi connectivity index (χ3n) is 3.46. The monoisotopic (exact) mass is 253 g/mol. The highest BCUT2D eigenvalue weighted by Crippen LogP contribution is 2.40. The van der Waals surface area contributed by atoms with Gasteiger partial charge in [-0.05, 0) is 35.2 Å². The molecule has 4 nitrogen and oxygen atoms in total. The molecule has 0 bridgehead atoms. The number of amides is 1. The van der Waals surface area contributed by atoms with Gasteiger partial charge in [0.2, 0.25) is 5.91 Å². The second-order valence-corrected chi connectivity index (χ2v) is 4.52. The van der Waals surface area contributed by atoms with Crippen LogP contribution in [0.15, 0.2) is 36.4 Å². The first-order valence-corrected chi connectivity index (χ1v) is 5.87. The Morgan fingerprint density at radius 1 is 1.05 bits per heavy atom. The Kier molecular flexibility index (Phi) is 2.38. The lowest BCUT2D eigenvalue weighted by Crippen LogP contribution is -2.14. The fraction of sp³-hybridized carbons (Fsp3) is 0.0667. The molecule has 3 rings (SSSR count). The first kappa shape index (κ1) is 11.5. The van der Waals surface area contributed by atoms with E-state index in [0.29, 0.717) is 23.1 Å². The van der Waals surface area contributed by atoms with E-state index in [0.717, 1.165) is 11.1 Å². The molecule has 1 aliphatic rings. The van der Waals surface area contributed by atoms with Crippen molar-refractivity contribution in [2.45, 2.75) is 6.42 Å². The molecule has 1 aliphatic carbocycles. The van der Waals surface area contributed by atoms with Crippen LogP contribution in [-0.4, -0.2) is 17.0 Å². The molecule has 1 amide bonds. The molecule has 0 aliphatic heterocycles. The highest BCUT2D eigenvalue weighted by atomic mass is 16.4. The molecular formula is C15H11NO3. The lowest BCUT2D eigenvalue weighted by Gasteiger charge is -2.09. The number of rotatable bonds is 2. The van der Waals surface area contributed by atoms with Gasteiger partial charge in [-0.2, -0.15) is 0 Å². The van der Waals surface area contributed by atoms with Gasteiger partial charge in [-0.25, -0.2) is 4.79 Å². The largest absolute Gasteiger partial charge is 0.478 e. The molecule has 0 heterocycles. The summed E-state index contributed by atoms with van der Waals surface area (Å²) in [6, 6.07) is 10.5. The Morgan fingerprint density at radius 3 is 2.42 bits per heavy atom. The van der Waals surface area contributed by atoms with Crippen molar-refractivity contribution < 1.29 is 14.7 Å². The van der Waals surface area contributed by atoms with Gasteiger partial charge in [-0.3, -0.25) is 4.79 Å². The average Bonchev–Trinajstić information content (AvgIpc) is 2.76. The third-order valence-corrected chi connectivity index (χ3v) is 3.46. The zero-order chi connectivity index (χ0) is 13.6. The van der Waals surface area contributed by atoms with E-state index in [9.17, 15) is 14.7 Å². The molecule has 0 aromatic heterocycles. The Labute approximate surface area is 109 Å². The number of hydrogen-bond acceptors (Lipinski definition) is 2. The van der Waals surface area contributed by atoms with Gasteiger partial charge < -0.3 is 10.8 Å². The van der Waals surface area contributed by atoms with Crippen molar-refractivity contribution in [3.05, 3.63) is 58.7 Å². The van der Waals surface area contributed by atoms with Crippen LogP contribution < -0.4 is 5.73 Å². The van der Waals surface area contributed by atoms with E-state index in [1.807, 2.05) is 24.3 Å². The first-order valence-electron chi connectivity index (χ1n) is 5.87. The SMILES string of the molecule is NC(=O)c1ccc(C(=O)O)c2c1Cc1ccccc1-2. The zero-order valence-corrected chi connectivity index (χ0v) is 10.0. The predicted octanol–water partition coefficient (Wildman–Crippen LogP) is 2.05. The fourth-order valence-electron chi connectivity index (χ4n) is 2.66. The standard InChI is InChI=1S/C15H11NO3/c16-14(17)10-5-6-11(15(18)19)13-9-4-2-1-3-8(9)7-12(10)13/h1-6H,7H2,(H2,16,17)(H,18,19). The van der Waals surface area contributed by atoms with Gasteiger partial charge in [0.15, 0.2) is 0 Å². The molecule has 2 aromatic rings. The van der Waals surface area contributed by atoms with Crippen LogP contribution in [0, 0.1) is 0 Å². The lowest BCUT2D eigenvalue weighted by atomic mass is 9.95. The van der Waals surface area contributed by atoms with Crippen molar-refractivity contribution in [2.75, 3.05) is 0 Å². The second-order valence-electron chi connectivity index (χ2n) is 4.52. The minimum atomic E-state index is -0.996. The third kappa shape index (κ3) is 1.61. The number of carbonyl (C=O) groups is 2. The van der Waals surface area contributed by atoms with Gasteiger partial charge in [-0.15, -0.1) is 0 Å². The fourth-order valence-corrected chi connectivity index (χ4v) is 2.66. The van der Waals surface area contributed by atoms with Crippen molar-refractivity contribution in [2.24, 2.45) is 5.73 Å². The van der Waals surface area contributed by atoms with Crippen LogP contribution in [-0.2, 0) is 6.42 Å². The summed E-state index contributed by atoms with van der Waals surface area (Å²) in [5.74, 6) is -1.52. The van der Waals surface area contributed by atoms with E-state index < -0.39 is 11.9 Å². The number of fused-ring (bicyclic) bond motifs is 3. The molecule has 0 atom stereocenters. The normalized spacial score (nSPS) is 11.8. The molecule has 19 heavy (non-hydrogen) atoms. The molecule has 0 saturated carbocycles. The van der Waals surface area contributed by atoms with E-state index in [2.05, 4.69) is 0 Å².